The highest BCUT2D eigenvalue weighted by Gasteiger charge is 2.31. The molecule has 1 aliphatic heterocycles. The van der Waals surface area contributed by atoms with Gasteiger partial charge in [0.15, 0.2) is 0 Å². The van der Waals surface area contributed by atoms with Crippen molar-refractivity contribution in [3.05, 3.63) is 12.2 Å². The third kappa shape index (κ3) is 7.08. The molecule has 0 aliphatic carbocycles. The molecule has 0 aromatic carbocycles. The third-order valence-corrected chi connectivity index (χ3v) is 4.24. The van der Waals surface area contributed by atoms with E-state index in [1.165, 1.54) is 0 Å². The van der Waals surface area contributed by atoms with Crippen molar-refractivity contribution < 1.29 is 19.1 Å². The first-order chi connectivity index (χ1) is 10.8. The van der Waals surface area contributed by atoms with Gasteiger partial charge in [-0.3, -0.25) is 9.59 Å². The molecule has 1 N–H and O–H groups in total. The predicted molar refractivity (Wildman–Crippen MR) is 89.6 cm³/mol. The van der Waals surface area contributed by atoms with Gasteiger partial charge in [0.1, 0.15) is 12.4 Å². The summed E-state index contributed by atoms with van der Waals surface area (Å²) in [6.45, 7) is 7.40. The van der Waals surface area contributed by atoms with E-state index in [2.05, 4.69) is 0 Å². The maximum absolute atomic E-state index is 11.9. The molecule has 0 saturated carbocycles. The fourth-order valence-electron chi connectivity index (χ4n) is 2.83. The highest BCUT2D eigenvalue weighted by atomic mass is 16.6. The molecule has 1 rings (SSSR count). The smallest absolute Gasteiger partial charge is 0.305 e. The van der Waals surface area contributed by atoms with Crippen LogP contribution in [0.15, 0.2) is 12.2 Å². The van der Waals surface area contributed by atoms with Crippen LogP contribution in [0.1, 0.15) is 53.4 Å². The van der Waals surface area contributed by atoms with Crippen LogP contribution in [0.25, 0.3) is 0 Å². The molecule has 0 aromatic heterocycles. The second-order valence-electron chi connectivity index (χ2n) is 6.35. The summed E-state index contributed by atoms with van der Waals surface area (Å²) in [5.74, 6) is -0.0883. The first kappa shape index (κ1) is 19.6. The highest BCUT2D eigenvalue weighted by molar-refractivity contribution is 5.90. The lowest BCUT2D eigenvalue weighted by Gasteiger charge is -2.22. The molecule has 0 amide bonds. The summed E-state index contributed by atoms with van der Waals surface area (Å²) in [5.41, 5.74) is 0.481. The minimum atomic E-state index is -0.209. The Morgan fingerprint density at radius 3 is 2.52 bits per heavy atom. The highest BCUT2D eigenvalue weighted by Crippen LogP contribution is 2.29. The van der Waals surface area contributed by atoms with Crippen molar-refractivity contribution in [2.45, 2.75) is 65.6 Å². The number of hydrogen-bond acceptors (Lipinski definition) is 5. The van der Waals surface area contributed by atoms with E-state index < -0.39 is 0 Å². The number of ether oxygens (including phenoxy) is 2. The zero-order valence-corrected chi connectivity index (χ0v) is 14.6. The molecule has 0 spiro atoms. The Hall–Kier alpha value is -1.49. The van der Waals surface area contributed by atoms with Crippen LogP contribution in [-0.2, 0) is 19.1 Å². The summed E-state index contributed by atoms with van der Waals surface area (Å²) in [6.07, 6.45) is 6.43. The Morgan fingerprint density at radius 2 is 1.96 bits per heavy atom. The quantitative estimate of drug-likeness (QED) is 0.521. The molecule has 1 saturated heterocycles. The van der Waals surface area contributed by atoms with Gasteiger partial charge in [-0.15, -0.1) is 0 Å². The summed E-state index contributed by atoms with van der Waals surface area (Å²) < 4.78 is 11.0. The number of nitrogens with one attached hydrogen (secondary N) is 1. The van der Waals surface area contributed by atoms with Gasteiger partial charge in [0.25, 0.3) is 0 Å². The largest absolute Gasteiger partial charge is 0.463 e. The third-order valence-electron chi connectivity index (χ3n) is 4.24. The zero-order chi connectivity index (χ0) is 17.4. The number of carbonyl (C=O) groups is 2. The molecule has 1 fully saturated rings. The zero-order valence-electron chi connectivity index (χ0n) is 14.6. The number of hydrogen-bond donors (Lipinski definition) is 1. The molecule has 0 bridgehead atoms. The van der Waals surface area contributed by atoms with Crippen LogP contribution in [0, 0.1) is 17.2 Å². The van der Waals surface area contributed by atoms with E-state index in [1.807, 2.05) is 13.0 Å². The van der Waals surface area contributed by atoms with E-state index in [-0.39, 0.29) is 35.8 Å². The molecule has 1 aliphatic rings. The average Bonchev–Trinajstić information content (AvgIpc) is 2.95. The number of rotatable bonds is 9. The van der Waals surface area contributed by atoms with E-state index in [1.54, 1.807) is 26.8 Å². The Morgan fingerprint density at radius 1 is 1.30 bits per heavy atom. The minimum Gasteiger partial charge on any atom is -0.463 e. The van der Waals surface area contributed by atoms with E-state index >= 15 is 0 Å². The molecule has 130 valence electrons. The van der Waals surface area contributed by atoms with Crippen molar-refractivity contribution in [3.8, 4) is 0 Å². The topological polar surface area (TPSA) is 76.5 Å². The molecule has 2 unspecified atom stereocenters. The molecule has 4 atom stereocenters. The van der Waals surface area contributed by atoms with Gasteiger partial charge in [-0.05, 0) is 45.1 Å². The normalized spacial score (nSPS) is 23.7. The van der Waals surface area contributed by atoms with Crippen molar-refractivity contribution in [1.82, 2.24) is 0 Å². The summed E-state index contributed by atoms with van der Waals surface area (Å²) in [6, 6.07) is 0. The lowest BCUT2D eigenvalue weighted by molar-refractivity contribution is -0.147. The van der Waals surface area contributed by atoms with Crippen molar-refractivity contribution in [1.29, 1.82) is 5.41 Å². The van der Waals surface area contributed by atoms with Crippen molar-refractivity contribution >= 4 is 17.5 Å². The number of carbonyl (C=O) groups excluding carboxylic acids is 2. The van der Waals surface area contributed by atoms with E-state index in [0.29, 0.717) is 25.2 Å². The van der Waals surface area contributed by atoms with Crippen LogP contribution < -0.4 is 0 Å². The second-order valence-corrected chi connectivity index (χ2v) is 6.35. The van der Waals surface area contributed by atoms with Gasteiger partial charge in [-0.1, -0.05) is 19.9 Å². The number of Topliss-reactive ketones (excluding diaryl/α,β-unsaturated/α-hetero) is 1. The molecular formula is C18H29NO4. The van der Waals surface area contributed by atoms with Gasteiger partial charge >= 0.3 is 5.97 Å². The van der Waals surface area contributed by atoms with Gasteiger partial charge in [0, 0.05) is 18.1 Å². The standard InChI is InChI=1S/C18H29NO4/c1-5-18(21)22-11-16-9-8-15(23-16)10-17(14(4)20)12(2)6-7-13(3)19/h6-7,12,15-17,19H,5,8-11H2,1-4H3/b7-6-,19-13?/t12?,15-,16+,17?/m1/s1. The number of esters is 1. The van der Waals surface area contributed by atoms with Crippen molar-refractivity contribution in [2.24, 2.45) is 11.8 Å². The summed E-state index contributed by atoms with van der Waals surface area (Å²) in [4.78, 5) is 23.1. The monoisotopic (exact) mass is 323 g/mol. The number of ketones is 1. The Balaban J connectivity index is 2.50. The second kappa shape index (κ2) is 9.60. The lowest BCUT2D eigenvalue weighted by atomic mass is 9.85. The van der Waals surface area contributed by atoms with Gasteiger partial charge in [-0.25, -0.2) is 0 Å². The van der Waals surface area contributed by atoms with E-state index in [4.69, 9.17) is 14.9 Å². The van der Waals surface area contributed by atoms with Gasteiger partial charge < -0.3 is 14.9 Å². The van der Waals surface area contributed by atoms with Gasteiger partial charge in [-0.2, -0.15) is 0 Å². The van der Waals surface area contributed by atoms with Crippen LogP contribution in [0.4, 0.5) is 0 Å². The minimum absolute atomic E-state index is 0.0335. The molecule has 5 heteroatoms. The van der Waals surface area contributed by atoms with Crippen LogP contribution in [0.2, 0.25) is 0 Å². The van der Waals surface area contributed by atoms with E-state index in [9.17, 15) is 9.59 Å². The van der Waals surface area contributed by atoms with E-state index in [0.717, 1.165) is 12.8 Å². The molecule has 0 aromatic rings. The van der Waals surface area contributed by atoms with Crippen molar-refractivity contribution in [2.75, 3.05) is 6.61 Å². The fourth-order valence-corrected chi connectivity index (χ4v) is 2.83. The Bertz CT molecular complexity index is 458. The summed E-state index contributed by atoms with van der Waals surface area (Å²) >= 11 is 0. The molecule has 1 heterocycles. The predicted octanol–water partition coefficient (Wildman–Crippen LogP) is 3.31. The van der Waals surface area contributed by atoms with Gasteiger partial charge in [0.05, 0.1) is 12.2 Å². The Labute approximate surface area is 138 Å². The van der Waals surface area contributed by atoms with Crippen molar-refractivity contribution in [3.63, 3.8) is 0 Å². The van der Waals surface area contributed by atoms with Gasteiger partial charge in [0.2, 0.25) is 0 Å². The SMILES string of the molecule is CCC(=O)OC[C@@H]1CC[C@H](CC(C(C)=O)C(C)/C=C\C(C)=N)O1. The Kier molecular flexibility index (Phi) is 8.17. The van der Waals surface area contributed by atoms with Crippen LogP contribution in [0.5, 0.6) is 0 Å². The first-order valence-corrected chi connectivity index (χ1v) is 8.38. The maximum Gasteiger partial charge on any atom is 0.305 e. The molecule has 0 radical (unpaired) electrons. The summed E-state index contributed by atoms with van der Waals surface area (Å²) in [7, 11) is 0. The number of allylic oxidation sites excluding steroid dienone is 2. The summed E-state index contributed by atoms with van der Waals surface area (Å²) in [5, 5.41) is 7.45. The molecule has 5 nitrogen and oxygen atoms in total. The maximum atomic E-state index is 11.9. The molecule has 23 heavy (non-hydrogen) atoms. The lowest BCUT2D eigenvalue weighted by Crippen LogP contribution is -2.26. The fraction of sp³-hybridized carbons (Fsp3) is 0.722. The molecular weight excluding hydrogens is 294 g/mol. The average molecular weight is 323 g/mol. The van der Waals surface area contributed by atoms with Crippen LogP contribution >= 0.6 is 0 Å². The van der Waals surface area contributed by atoms with Crippen LogP contribution in [0.3, 0.4) is 0 Å². The first-order valence-electron chi connectivity index (χ1n) is 8.38. The van der Waals surface area contributed by atoms with Crippen LogP contribution in [-0.4, -0.2) is 36.3 Å².